The van der Waals surface area contributed by atoms with Crippen molar-refractivity contribution in [3.05, 3.63) is 29.8 Å². The lowest BCUT2D eigenvalue weighted by molar-refractivity contribution is 0.278. The second kappa shape index (κ2) is 6.05. The van der Waals surface area contributed by atoms with Crippen LogP contribution in [0.15, 0.2) is 24.3 Å². The molecule has 0 aliphatic carbocycles. The molecule has 0 bridgehead atoms. The zero-order chi connectivity index (χ0) is 11.1. The van der Waals surface area contributed by atoms with Gasteiger partial charge in [-0.2, -0.15) is 5.26 Å². The number of rotatable bonds is 5. The fourth-order valence-corrected chi connectivity index (χ4v) is 1.41. The van der Waals surface area contributed by atoms with Gasteiger partial charge in [0.25, 0.3) is 0 Å². The summed E-state index contributed by atoms with van der Waals surface area (Å²) in [6.45, 7) is 2.28. The molecule has 3 nitrogen and oxygen atoms in total. The van der Waals surface area contributed by atoms with Crippen LogP contribution in [0.3, 0.4) is 0 Å². The highest BCUT2D eigenvalue weighted by atomic mass is 16.3. The first-order chi connectivity index (χ1) is 7.30. The molecule has 15 heavy (non-hydrogen) atoms. The molecule has 80 valence electrons. The summed E-state index contributed by atoms with van der Waals surface area (Å²) in [4.78, 5) is 0. The van der Waals surface area contributed by atoms with Gasteiger partial charge >= 0.3 is 0 Å². The van der Waals surface area contributed by atoms with Crippen molar-refractivity contribution in [2.45, 2.75) is 25.8 Å². The molecule has 0 aliphatic heterocycles. The van der Waals surface area contributed by atoms with Crippen LogP contribution >= 0.6 is 0 Å². The van der Waals surface area contributed by atoms with Gasteiger partial charge in [-0.05, 0) is 37.1 Å². The van der Waals surface area contributed by atoms with E-state index in [2.05, 4.69) is 18.3 Å². The number of nitriles is 1. The average molecular weight is 204 g/mol. The maximum Gasteiger partial charge on any atom is 0.0991 e. The molecular formula is C12H16N2O. The normalized spacial score (nSPS) is 11.8. The number of benzene rings is 1. The van der Waals surface area contributed by atoms with Crippen molar-refractivity contribution in [2.75, 3.05) is 11.9 Å². The molecule has 2 N–H and O–H groups in total. The zero-order valence-corrected chi connectivity index (χ0v) is 8.90. The van der Waals surface area contributed by atoms with E-state index in [1.165, 1.54) is 0 Å². The second-order valence-electron chi connectivity index (χ2n) is 3.45. The van der Waals surface area contributed by atoms with Crippen LogP contribution in [-0.2, 0) is 0 Å². The van der Waals surface area contributed by atoms with Crippen LogP contribution in [0.4, 0.5) is 5.69 Å². The molecule has 0 saturated heterocycles. The van der Waals surface area contributed by atoms with Crippen LogP contribution in [-0.4, -0.2) is 17.8 Å². The Kier molecular flexibility index (Phi) is 4.65. The van der Waals surface area contributed by atoms with Gasteiger partial charge in [-0.1, -0.05) is 6.92 Å². The molecule has 1 rings (SSSR count). The van der Waals surface area contributed by atoms with Gasteiger partial charge in [-0.25, -0.2) is 0 Å². The number of aliphatic hydroxyl groups is 1. The Hall–Kier alpha value is -1.53. The van der Waals surface area contributed by atoms with Crippen LogP contribution in [0.5, 0.6) is 0 Å². The highest BCUT2D eigenvalue weighted by molar-refractivity contribution is 5.47. The van der Waals surface area contributed by atoms with Crippen LogP contribution in [0.2, 0.25) is 0 Å². The topological polar surface area (TPSA) is 56.0 Å². The minimum Gasteiger partial charge on any atom is -0.396 e. The fraction of sp³-hybridized carbons (Fsp3) is 0.417. The molecule has 0 radical (unpaired) electrons. The number of anilines is 1. The van der Waals surface area contributed by atoms with Crippen molar-refractivity contribution < 1.29 is 5.11 Å². The van der Waals surface area contributed by atoms with Gasteiger partial charge in [0.2, 0.25) is 0 Å². The van der Waals surface area contributed by atoms with Crippen molar-refractivity contribution in [3.8, 4) is 6.07 Å². The first kappa shape index (κ1) is 11.5. The number of aliphatic hydroxyl groups excluding tert-OH is 1. The third-order valence-corrected chi connectivity index (χ3v) is 2.36. The van der Waals surface area contributed by atoms with Crippen molar-refractivity contribution in [2.24, 2.45) is 0 Å². The molecule has 1 aromatic rings. The Labute approximate surface area is 90.4 Å². The minimum absolute atomic E-state index is 0.196. The summed E-state index contributed by atoms with van der Waals surface area (Å²) < 4.78 is 0. The summed E-state index contributed by atoms with van der Waals surface area (Å²) in [6.07, 6.45) is 1.72. The number of hydrogen-bond donors (Lipinski definition) is 2. The van der Waals surface area contributed by atoms with Crippen molar-refractivity contribution >= 4 is 5.69 Å². The van der Waals surface area contributed by atoms with Gasteiger partial charge in [0.1, 0.15) is 0 Å². The van der Waals surface area contributed by atoms with Gasteiger partial charge in [-0.3, -0.25) is 0 Å². The van der Waals surface area contributed by atoms with E-state index < -0.39 is 0 Å². The van der Waals surface area contributed by atoms with Crippen molar-refractivity contribution in [1.29, 1.82) is 5.26 Å². The number of hydrogen-bond acceptors (Lipinski definition) is 3. The summed E-state index contributed by atoms with van der Waals surface area (Å²) in [5.41, 5.74) is 1.66. The van der Waals surface area contributed by atoms with E-state index in [1.54, 1.807) is 12.1 Å². The van der Waals surface area contributed by atoms with Gasteiger partial charge in [0, 0.05) is 18.3 Å². The van der Waals surface area contributed by atoms with Crippen LogP contribution < -0.4 is 5.32 Å². The molecule has 1 aromatic carbocycles. The van der Waals surface area contributed by atoms with Gasteiger partial charge < -0.3 is 10.4 Å². The van der Waals surface area contributed by atoms with Crippen LogP contribution in [0.25, 0.3) is 0 Å². The van der Waals surface area contributed by atoms with Crippen LogP contribution in [0, 0.1) is 11.3 Å². The predicted octanol–water partition coefficient (Wildman–Crippen LogP) is 2.13. The Morgan fingerprint density at radius 3 is 2.53 bits per heavy atom. The molecule has 0 amide bonds. The van der Waals surface area contributed by atoms with E-state index in [1.807, 2.05) is 12.1 Å². The third-order valence-electron chi connectivity index (χ3n) is 2.36. The number of nitrogens with one attached hydrogen (secondary N) is 1. The largest absolute Gasteiger partial charge is 0.396 e. The molecule has 1 unspecified atom stereocenters. The summed E-state index contributed by atoms with van der Waals surface area (Å²) in [7, 11) is 0. The standard InChI is InChI=1S/C12H16N2O/c1-2-11(7-8-15)14-12-5-3-10(9-13)4-6-12/h3-6,11,14-15H,2,7-8H2,1H3. The van der Waals surface area contributed by atoms with E-state index in [-0.39, 0.29) is 6.61 Å². The first-order valence-electron chi connectivity index (χ1n) is 5.17. The molecule has 0 saturated carbocycles. The van der Waals surface area contributed by atoms with E-state index in [0.717, 1.165) is 18.5 Å². The summed E-state index contributed by atoms with van der Waals surface area (Å²) in [5.74, 6) is 0. The smallest absolute Gasteiger partial charge is 0.0991 e. The molecule has 0 spiro atoms. The first-order valence-corrected chi connectivity index (χ1v) is 5.17. The predicted molar refractivity (Wildman–Crippen MR) is 60.6 cm³/mol. The highest BCUT2D eigenvalue weighted by Gasteiger charge is 2.04. The van der Waals surface area contributed by atoms with Gasteiger partial charge in [-0.15, -0.1) is 0 Å². The monoisotopic (exact) mass is 204 g/mol. The van der Waals surface area contributed by atoms with E-state index in [4.69, 9.17) is 10.4 Å². The quantitative estimate of drug-likeness (QED) is 0.772. The second-order valence-corrected chi connectivity index (χ2v) is 3.45. The molecule has 0 aromatic heterocycles. The molecule has 3 heteroatoms. The Morgan fingerprint density at radius 2 is 2.07 bits per heavy atom. The van der Waals surface area contributed by atoms with E-state index in [0.29, 0.717) is 11.6 Å². The highest BCUT2D eigenvalue weighted by Crippen LogP contribution is 2.12. The molecule has 0 heterocycles. The zero-order valence-electron chi connectivity index (χ0n) is 8.90. The van der Waals surface area contributed by atoms with E-state index in [9.17, 15) is 0 Å². The Balaban J connectivity index is 2.59. The maximum atomic E-state index is 8.84. The lowest BCUT2D eigenvalue weighted by Crippen LogP contribution is -2.19. The summed E-state index contributed by atoms with van der Waals surface area (Å²) in [5, 5.41) is 20.8. The number of nitrogens with zero attached hydrogens (tertiary/aromatic N) is 1. The van der Waals surface area contributed by atoms with Gasteiger partial charge in [0.05, 0.1) is 11.6 Å². The summed E-state index contributed by atoms with van der Waals surface area (Å²) in [6, 6.07) is 9.72. The lowest BCUT2D eigenvalue weighted by atomic mass is 10.1. The maximum absolute atomic E-state index is 8.84. The lowest BCUT2D eigenvalue weighted by Gasteiger charge is -2.16. The minimum atomic E-state index is 0.196. The van der Waals surface area contributed by atoms with Gasteiger partial charge in [0.15, 0.2) is 0 Å². The van der Waals surface area contributed by atoms with E-state index >= 15 is 0 Å². The summed E-state index contributed by atoms with van der Waals surface area (Å²) >= 11 is 0. The Bertz CT molecular complexity index is 326. The fourth-order valence-electron chi connectivity index (χ4n) is 1.41. The Morgan fingerprint density at radius 1 is 1.40 bits per heavy atom. The molecule has 0 fully saturated rings. The van der Waals surface area contributed by atoms with Crippen molar-refractivity contribution in [1.82, 2.24) is 0 Å². The third kappa shape index (κ3) is 3.61. The SMILES string of the molecule is CCC(CCO)Nc1ccc(C#N)cc1. The molecular weight excluding hydrogens is 188 g/mol. The van der Waals surface area contributed by atoms with Crippen LogP contribution in [0.1, 0.15) is 25.3 Å². The molecule has 1 atom stereocenters. The van der Waals surface area contributed by atoms with Crippen molar-refractivity contribution in [3.63, 3.8) is 0 Å². The molecule has 0 aliphatic rings. The average Bonchev–Trinajstić information content (AvgIpc) is 2.29.